The van der Waals surface area contributed by atoms with Gasteiger partial charge in [0, 0.05) is 12.6 Å². The Balaban J connectivity index is 1.77. The molecule has 0 saturated heterocycles. The van der Waals surface area contributed by atoms with Crippen molar-refractivity contribution in [3.05, 3.63) is 63.6 Å². The van der Waals surface area contributed by atoms with Gasteiger partial charge in [-0.15, -0.1) is 0 Å². The predicted octanol–water partition coefficient (Wildman–Crippen LogP) is 6.30. The first-order chi connectivity index (χ1) is 16.6. The van der Waals surface area contributed by atoms with Crippen LogP contribution in [0.1, 0.15) is 76.5 Å². The van der Waals surface area contributed by atoms with E-state index in [0.717, 1.165) is 41.3 Å². The van der Waals surface area contributed by atoms with Gasteiger partial charge in [0.2, 0.25) is 5.91 Å². The van der Waals surface area contributed by atoms with Gasteiger partial charge in [0.1, 0.15) is 11.8 Å². The van der Waals surface area contributed by atoms with E-state index in [1.807, 2.05) is 50.2 Å². The monoisotopic (exact) mass is 542 g/mol. The highest BCUT2D eigenvalue weighted by molar-refractivity contribution is 9.10. The minimum Gasteiger partial charge on any atom is -0.483 e. The average molecular weight is 544 g/mol. The predicted molar refractivity (Wildman–Crippen MR) is 145 cm³/mol. The van der Waals surface area contributed by atoms with Crippen molar-refractivity contribution in [3.8, 4) is 5.75 Å². The van der Waals surface area contributed by atoms with Gasteiger partial charge in [-0.1, -0.05) is 76.4 Å². The van der Waals surface area contributed by atoms with E-state index in [4.69, 9.17) is 4.74 Å². The van der Waals surface area contributed by atoms with Crippen LogP contribution in [0.4, 0.5) is 0 Å². The highest BCUT2D eigenvalue weighted by Crippen LogP contribution is 2.31. The van der Waals surface area contributed by atoms with Crippen molar-refractivity contribution in [3.63, 3.8) is 0 Å². The minimum atomic E-state index is -0.543. The Morgan fingerprint density at radius 2 is 1.86 bits per heavy atom. The Labute approximate surface area is 218 Å². The van der Waals surface area contributed by atoms with Crippen LogP contribution in [-0.2, 0) is 21.5 Å². The lowest BCUT2D eigenvalue weighted by molar-refractivity contribution is -0.143. The first-order valence-corrected chi connectivity index (χ1v) is 13.5. The highest BCUT2D eigenvalue weighted by atomic mass is 79.9. The standard InChI is InChI=1S/C29H39BrN2O3/c1-6-25(28(34)31-23-12-7-8-13-23)32(18-21-11-9-10-20(2)16-21)27(33)19-35-26-15-14-22(17-24(26)30)29(3,4)5/h9-11,14-17,23,25H,6-8,12-13,18-19H2,1-5H3,(H,31,34)/t25-/m1/s1. The number of hydrogen-bond acceptors (Lipinski definition) is 3. The summed E-state index contributed by atoms with van der Waals surface area (Å²) in [4.78, 5) is 28.4. The van der Waals surface area contributed by atoms with Crippen molar-refractivity contribution in [2.45, 2.75) is 90.8 Å². The molecule has 35 heavy (non-hydrogen) atoms. The molecule has 0 bridgehead atoms. The van der Waals surface area contributed by atoms with Crippen LogP contribution in [0, 0.1) is 6.92 Å². The normalized spacial score (nSPS) is 15.0. The van der Waals surface area contributed by atoms with Crippen LogP contribution in [0.15, 0.2) is 46.9 Å². The lowest BCUT2D eigenvalue weighted by atomic mass is 9.87. The number of nitrogens with zero attached hydrogens (tertiary/aromatic N) is 1. The van der Waals surface area contributed by atoms with Crippen LogP contribution >= 0.6 is 15.9 Å². The van der Waals surface area contributed by atoms with Crippen molar-refractivity contribution in [1.82, 2.24) is 10.2 Å². The molecular formula is C29H39BrN2O3. The van der Waals surface area contributed by atoms with E-state index in [9.17, 15) is 9.59 Å². The van der Waals surface area contributed by atoms with Crippen LogP contribution in [0.5, 0.6) is 5.75 Å². The highest BCUT2D eigenvalue weighted by Gasteiger charge is 2.31. The van der Waals surface area contributed by atoms with Gasteiger partial charge in [-0.3, -0.25) is 9.59 Å². The first kappa shape index (κ1) is 27.3. The smallest absolute Gasteiger partial charge is 0.261 e. The fourth-order valence-electron chi connectivity index (χ4n) is 4.60. The Hall–Kier alpha value is -2.34. The van der Waals surface area contributed by atoms with Gasteiger partial charge in [-0.05, 0) is 70.8 Å². The fraction of sp³-hybridized carbons (Fsp3) is 0.517. The maximum atomic E-state index is 13.5. The number of nitrogens with one attached hydrogen (secondary N) is 1. The first-order valence-electron chi connectivity index (χ1n) is 12.7. The summed E-state index contributed by atoms with van der Waals surface area (Å²) in [6, 6.07) is 13.7. The Morgan fingerprint density at radius 3 is 2.46 bits per heavy atom. The molecule has 1 aliphatic rings. The lowest BCUT2D eigenvalue weighted by Gasteiger charge is -2.31. The SMILES string of the molecule is CC[C@H](C(=O)NC1CCCC1)N(Cc1cccc(C)c1)C(=O)COc1ccc(C(C)(C)C)cc1Br. The van der Waals surface area contributed by atoms with Gasteiger partial charge >= 0.3 is 0 Å². The third kappa shape index (κ3) is 7.57. The second kappa shape index (κ2) is 12.1. The Bertz CT molecular complexity index is 1020. The summed E-state index contributed by atoms with van der Waals surface area (Å²) in [5.74, 6) is 0.341. The number of carbonyl (C=O) groups excluding carboxylic acids is 2. The summed E-state index contributed by atoms with van der Waals surface area (Å²) in [5.41, 5.74) is 3.32. The number of hydrogen-bond donors (Lipinski definition) is 1. The minimum absolute atomic E-state index is 0.0164. The molecule has 0 aliphatic heterocycles. The molecule has 2 aromatic rings. The second-order valence-corrected chi connectivity index (χ2v) is 11.5. The average Bonchev–Trinajstić information content (AvgIpc) is 3.30. The maximum absolute atomic E-state index is 13.5. The molecule has 1 aliphatic carbocycles. The number of aryl methyl sites for hydroxylation is 1. The molecule has 0 unspecified atom stereocenters. The molecule has 1 fully saturated rings. The van der Waals surface area contributed by atoms with Crippen molar-refractivity contribution in [2.24, 2.45) is 0 Å². The summed E-state index contributed by atoms with van der Waals surface area (Å²) in [6.07, 6.45) is 4.85. The number of benzene rings is 2. The summed E-state index contributed by atoms with van der Waals surface area (Å²) >= 11 is 3.59. The molecule has 5 nitrogen and oxygen atoms in total. The van der Waals surface area contributed by atoms with E-state index < -0.39 is 6.04 Å². The molecule has 2 amide bonds. The van der Waals surface area contributed by atoms with E-state index in [1.54, 1.807) is 4.90 Å². The van der Waals surface area contributed by atoms with Crippen molar-refractivity contribution in [2.75, 3.05) is 6.61 Å². The van der Waals surface area contributed by atoms with E-state index in [2.05, 4.69) is 48.1 Å². The van der Waals surface area contributed by atoms with Gasteiger partial charge in [-0.2, -0.15) is 0 Å². The molecule has 1 saturated carbocycles. The van der Waals surface area contributed by atoms with Crippen molar-refractivity contribution < 1.29 is 14.3 Å². The molecule has 6 heteroatoms. The summed E-state index contributed by atoms with van der Waals surface area (Å²) in [7, 11) is 0. The Morgan fingerprint density at radius 1 is 1.14 bits per heavy atom. The fourth-order valence-corrected chi connectivity index (χ4v) is 5.09. The third-order valence-corrected chi connectivity index (χ3v) is 7.29. The molecule has 1 N–H and O–H groups in total. The molecule has 0 aromatic heterocycles. The molecule has 0 radical (unpaired) electrons. The van der Waals surface area contributed by atoms with E-state index in [-0.39, 0.29) is 29.9 Å². The van der Waals surface area contributed by atoms with E-state index in [1.165, 1.54) is 5.56 Å². The van der Waals surface area contributed by atoms with Crippen LogP contribution in [0.25, 0.3) is 0 Å². The maximum Gasteiger partial charge on any atom is 0.261 e. The quantitative estimate of drug-likeness (QED) is 0.404. The molecular weight excluding hydrogens is 504 g/mol. The van der Waals surface area contributed by atoms with E-state index in [0.29, 0.717) is 18.7 Å². The van der Waals surface area contributed by atoms with E-state index >= 15 is 0 Å². The topological polar surface area (TPSA) is 58.6 Å². The van der Waals surface area contributed by atoms with Crippen LogP contribution in [0.2, 0.25) is 0 Å². The molecule has 190 valence electrons. The summed E-state index contributed by atoms with van der Waals surface area (Å²) < 4.78 is 6.76. The van der Waals surface area contributed by atoms with Gasteiger partial charge in [0.25, 0.3) is 5.91 Å². The molecule has 3 rings (SSSR count). The zero-order valence-corrected chi connectivity index (χ0v) is 23.3. The Kier molecular flexibility index (Phi) is 9.40. The summed E-state index contributed by atoms with van der Waals surface area (Å²) in [5, 5.41) is 3.18. The zero-order chi connectivity index (χ0) is 25.6. The molecule has 1 atom stereocenters. The zero-order valence-electron chi connectivity index (χ0n) is 21.7. The van der Waals surface area contributed by atoms with Crippen molar-refractivity contribution >= 4 is 27.7 Å². The largest absolute Gasteiger partial charge is 0.483 e. The molecule has 0 heterocycles. The van der Waals surface area contributed by atoms with Crippen LogP contribution < -0.4 is 10.1 Å². The lowest BCUT2D eigenvalue weighted by Crippen LogP contribution is -2.52. The number of amides is 2. The second-order valence-electron chi connectivity index (χ2n) is 10.6. The number of rotatable bonds is 9. The van der Waals surface area contributed by atoms with Gasteiger partial charge in [0.15, 0.2) is 6.61 Å². The van der Waals surface area contributed by atoms with Gasteiger partial charge in [0.05, 0.1) is 4.47 Å². The van der Waals surface area contributed by atoms with Crippen LogP contribution in [-0.4, -0.2) is 35.4 Å². The number of halogens is 1. The van der Waals surface area contributed by atoms with Gasteiger partial charge < -0.3 is 15.0 Å². The number of ether oxygens (including phenoxy) is 1. The third-order valence-electron chi connectivity index (χ3n) is 6.67. The van der Waals surface area contributed by atoms with Crippen molar-refractivity contribution in [1.29, 1.82) is 0 Å². The summed E-state index contributed by atoms with van der Waals surface area (Å²) in [6.45, 7) is 10.7. The van der Waals surface area contributed by atoms with Crippen LogP contribution in [0.3, 0.4) is 0 Å². The molecule has 2 aromatic carbocycles. The number of carbonyl (C=O) groups is 2. The molecule has 0 spiro atoms. The van der Waals surface area contributed by atoms with Gasteiger partial charge in [-0.25, -0.2) is 0 Å².